The number of benzene rings is 1. The Morgan fingerprint density at radius 1 is 1.32 bits per heavy atom. The third-order valence-electron chi connectivity index (χ3n) is 2.97. The highest BCUT2D eigenvalue weighted by Crippen LogP contribution is 2.21. The van der Waals surface area contributed by atoms with Crippen molar-refractivity contribution in [1.29, 1.82) is 0 Å². The number of rotatable bonds is 3. The van der Waals surface area contributed by atoms with E-state index in [2.05, 4.69) is 17.2 Å². The highest BCUT2D eigenvalue weighted by Gasteiger charge is 2.10. The van der Waals surface area contributed by atoms with Crippen molar-refractivity contribution in [1.82, 2.24) is 4.98 Å². The molecular formula is C15H15ClN2O. The quantitative estimate of drug-likeness (QED) is 0.864. The van der Waals surface area contributed by atoms with Gasteiger partial charge >= 0.3 is 0 Å². The molecule has 4 heteroatoms. The molecule has 1 aromatic heterocycles. The van der Waals surface area contributed by atoms with Gasteiger partial charge in [-0.3, -0.25) is 4.79 Å². The molecule has 0 saturated carbocycles. The van der Waals surface area contributed by atoms with Gasteiger partial charge in [0.1, 0.15) is 5.15 Å². The van der Waals surface area contributed by atoms with Crippen molar-refractivity contribution in [2.45, 2.75) is 20.3 Å². The van der Waals surface area contributed by atoms with Crippen molar-refractivity contribution in [2.75, 3.05) is 5.32 Å². The lowest BCUT2D eigenvalue weighted by atomic mass is 10.1. The van der Waals surface area contributed by atoms with Crippen LogP contribution < -0.4 is 5.32 Å². The molecule has 0 aliphatic heterocycles. The van der Waals surface area contributed by atoms with Crippen molar-refractivity contribution in [3.05, 3.63) is 58.4 Å². The zero-order valence-electron chi connectivity index (χ0n) is 10.9. The van der Waals surface area contributed by atoms with Crippen molar-refractivity contribution < 1.29 is 4.79 Å². The number of carbonyl (C=O) groups excluding carboxylic acids is 1. The molecule has 1 heterocycles. The van der Waals surface area contributed by atoms with Crippen molar-refractivity contribution in [2.24, 2.45) is 0 Å². The molecule has 2 aromatic rings. The van der Waals surface area contributed by atoms with Gasteiger partial charge in [-0.1, -0.05) is 36.7 Å². The van der Waals surface area contributed by atoms with Crippen LogP contribution in [0, 0.1) is 6.92 Å². The zero-order valence-corrected chi connectivity index (χ0v) is 11.7. The van der Waals surface area contributed by atoms with Gasteiger partial charge in [-0.05, 0) is 36.6 Å². The lowest BCUT2D eigenvalue weighted by molar-refractivity contribution is 0.102. The molecule has 19 heavy (non-hydrogen) atoms. The number of amides is 1. The van der Waals surface area contributed by atoms with Gasteiger partial charge in [0.25, 0.3) is 5.91 Å². The smallest absolute Gasteiger partial charge is 0.257 e. The summed E-state index contributed by atoms with van der Waals surface area (Å²) in [7, 11) is 0. The van der Waals surface area contributed by atoms with Crippen LogP contribution in [0.15, 0.2) is 36.5 Å². The van der Waals surface area contributed by atoms with E-state index >= 15 is 0 Å². The number of hydrogen-bond acceptors (Lipinski definition) is 2. The summed E-state index contributed by atoms with van der Waals surface area (Å²) in [5, 5.41) is 3.32. The Labute approximate surface area is 117 Å². The molecule has 0 saturated heterocycles. The fraction of sp³-hybridized carbons (Fsp3) is 0.200. The second-order valence-corrected chi connectivity index (χ2v) is 4.67. The Balaban J connectivity index is 2.26. The van der Waals surface area contributed by atoms with Crippen molar-refractivity contribution in [3.63, 3.8) is 0 Å². The molecule has 0 aliphatic carbocycles. The zero-order chi connectivity index (χ0) is 13.8. The fourth-order valence-corrected chi connectivity index (χ4v) is 2.01. The minimum Gasteiger partial charge on any atom is -0.321 e. The first-order valence-electron chi connectivity index (χ1n) is 6.13. The summed E-state index contributed by atoms with van der Waals surface area (Å²) in [6.07, 6.45) is 2.34. The fourth-order valence-electron chi connectivity index (χ4n) is 1.90. The van der Waals surface area contributed by atoms with Crippen LogP contribution in [-0.2, 0) is 6.42 Å². The van der Waals surface area contributed by atoms with E-state index in [0.717, 1.165) is 23.2 Å². The lowest BCUT2D eigenvalue weighted by Crippen LogP contribution is -2.14. The topological polar surface area (TPSA) is 42.0 Å². The van der Waals surface area contributed by atoms with Crippen LogP contribution in [0.2, 0.25) is 5.15 Å². The number of aryl methyl sites for hydroxylation is 2. The molecule has 0 bridgehead atoms. The van der Waals surface area contributed by atoms with Crippen LogP contribution in [0.3, 0.4) is 0 Å². The normalized spacial score (nSPS) is 10.3. The molecule has 1 N–H and O–H groups in total. The van der Waals surface area contributed by atoms with E-state index in [-0.39, 0.29) is 5.91 Å². The maximum atomic E-state index is 12.2. The molecule has 0 aliphatic rings. The van der Waals surface area contributed by atoms with Crippen LogP contribution >= 0.6 is 11.6 Å². The third-order valence-corrected chi connectivity index (χ3v) is 3.19. The van der Waals surface area contributed by atoms with Crippen molar-refractivity contribution in [3.8, 4) is 0 Å². The Morgan fingerprint density at radius 3 is 2.74 bits per heavy atom. The third kappa shape index (κ3) is 3.12. The Morgan fingerprint density at radius 2 is 2.11 bits per heavy atom. The molecule has 3 nitrogen and oxygen atoms in total. The van der Waals surface area contributed by atoms with Crippen LogP contribution in [0.5, 0.6) is 0 Å². The van der Waals surface area contributed by atoms with Gasteiger partial charge in [-0.15, -0.1) is 0 Å². The van der Waals surface area contributed by atoms with Gasteiger partial charge < -0.3 is 5.32 Å². The minimum atomic E-state index is -0.173. The van der Waals surface area contributed by atoms with E-state index in [1.165, 1.54) is 6.20 Å². The number of anilines is 1. The number of aromatic nitrogens is 1. The van der Waals surface area contributed by atoms with Gasteiger partial charge in [0.15, 0.2) is 0 Å². The van der Waals surface area contributed by atoms with Crippen LogP contribution in [0.1, 0.15) is 28.4 Å². The van der Waals surface area contributed by atoms with E-state index in [0.29, 0.717) is 10.7 Å². The van der Waals surface area contributed by atoms with E-state index in [4.69, 9.17) is 11.6 Å². The van der Waals surface area contributed by atoms with E-state index < -0.39 is 0 Å². The number of nitrogens with zero attached hydrogens (tertiary/aromatic N) is 1. The molecule has 0 radical (unpaired) electrons. The monoisotopic (exact) mass is 274 g/mol. The van der Waals surface area contributed by atoms with E-state index in [9.17, 15) is 4.79 Å². The largest absolute Gasteiger partial charge is 0.321 e. The summed E-state index contributed by atoms with van der Waals surface area (Å²) in [6, 6.07) is 9.26. The Bertz CT molecular complexity index is 594. The van der Waals surface area contributed by atoms with Crippen LogP contribution in [0.25, 0.3) is 0 Å². The molecule has 2 rings (SSSR count). The minimum absolute atomic E-state index is 0.173. The maximum absolute atomic E-state index is 12.2. The first kappa shape index (κ1) is 13.6. The number of para-hydroxylation sites is 1. The Hall–Kier alpha value is -1.87. The summed E-state index contributed by atoms with van der Waals surface area (Å²) in [5.74, 6) is -0.173. The van der Waals surface area contributed by atoms with Crippen LogP contribution in [0.4, 0.5) is 5.69 Å². The average Bonchev–Trinajstić information content (AvgIpc) is 2.41. The molecule has 0 unspecified atom stereocenters. The van der Waals surface area contributed by atoms with E-state index in [1.54, 1.807) is 12.1 Å². The van der Waals surface area contributed by atoms with Gasteiger partial charge in [0, 0.05) is 11.9 Å². The van der Waals surface area contributed by atoms with Crippen LogP contribution in [-0.4, -0.2) is 10.9 Å². The second-order valence-electron chi connectivity index (χ2n) is 4.29. The average molecular weight is 275 g/mol. The molecule has 98 valence electrons. The summed E-state index contributed by atoms with van der Waals surface area (Å²) in [4.78, 5) is 16.1. The van der Waals surface area contributed by atoms with E-state index in [1.807, 2.05) is 25.1 Å². The van der Waals surface area contributed by atoms with Gasteiger partial charge in [0.2, 0.25) is 0 Å². The Kier molecular flexibility index (Phi) is 4.17. The molecule has 0 spiro atoms. The van der Waals surface area contributed by atoms with Gasteiger partial charge in [0.05, 0.1) is 5.56 Å². The summed E-state index contributed by atoms with van der Waals surface area (Å²) >= 11 is 5.71. The summed E-state index contributed by atoms with van der Waals surface area (Å²) < 4.78 is 0. The summed E-state index contributed by atoms with van der Waals surface area (Å²) in [6.45, 7) is 4.04. The molecular weight excluding hydrogens is 260 g/mol. The van der Waals surface area contributed by atoms with Gasteiger partial charge in [-0.25, -0.2) is 4.98 Å². The first-order chi connectivity index (χ1) is 9.11. The number of nitrogens with one attached hydrogen (secondary N) is 1. The molecule has 0 atom stereocenters. The first-order valence-corrected chi connectivity index (χ1v) is 6.51. The number of pyridine rings is 1. The molecule has 0 fully saturated rings. The van der Waals surface area contributed by atoms with Gasteiger partial charge in [-0.2, -0.15) is 0 Å². The highest BCUT2D eigenvalue weighted by atomic mass is 35.5. The SMILES string of the molecule is CCc1cccc(C)c1NC(=O)c1ccc(Cl)nc1. The maximum Gasteiger partial charge on any atom is 0.257 e. The summed E-state index contributed by atoms with van der Waals surface area (Å²) in [5.41, 5.74) is 3.55. The predicted octanol–water partition coefficient (Wildman–Crippen LogP) is 3.86. The molecule has 1 aromatic carbocycles. The number of halogens is 1. The lowest BCUT2D eigenvalue weighted by Gasteiger charge is -2.12. The molecule has 1 amide bonds. The van der Waals surface area contributed by atoms with Crippen molar-refractivity contribution >= 4 is 23.2 Å². The highest BCUT2D eigenvalue weighted by molar-refractivity contribution is 6.29. The second kappa shape index (κ2) is 5.85. The number of carbonyl (C=O) groups is 1. The number of hydrogen-bond donors (Lipinski definition) is 1. The standard InChI is InChI=1S/C15H15ClN2O/c1-3-11-6-4-5-10(2)14(11)18-15(19)12-7-8-13(16)17-9-12/h4-9H,3H2,1-2H3,(H,18,19). The predicted molar refractivity (Wildman–Crippen MR) is 77.8 cm³/mol.